The van der Waals surface area contributed by atoms with Crippen LogP contribution in [0.15, 0.2) is 24.3 Å². The summed E-state index contributed by atoms with van der Waals surface area (Å²) in [6.45, 7) is 3.88. The van der Waals surface area contributed by atoms with Gasteiger partial charge in [0, 0.05) is 5.92 Å². The average molecular weight is 270 g/mol. The highest BCUT2D eigenvalue weighted by Crippen LogP contribution is 2.45. The van der Waals surface area contributed by atoms with Gasteiger partial charge in [-0.25, -0.2) is 4.39 Å². The van der Waals surface area contributed by atoms with Crippen LogP contribution in [0.2, 0.25) is 0 Å². The van der Waals surface area contributed by atoms with E-state index >= 15 is 0 Å². The fourth-order valence-corrected chi connectivity index (χ4v) is 2.79. The quantitative estimate of drug-likeness (QED) is 0.667. The van der Waals surface area contributed by atoms with E-state index in [0.29, 0.717) is 5.56 Å². The van der Waals surface area contributed by atoms with Gasteiger partial charge in [0.15, 0.2) is 3.79 Å². The van der Waals surface area contributed by atoms with Crippen LogP contribution in [0.25, 0.3) is 0 Å². The van der Waals surface area contributed by atoms with E-state index in [1.54, 1.807) is 12.1 Å². The molecule has 0 aliphatic rings. The molecular weight excluding hydrogens is 257 g/mol. The molecule has 1 aromatic rings. The van der Waals surface area contributed by atoms with E-state index in [9.17, 15) is 4.39 Å². The lowest BCUT2D eigenvalue weighted by molar-refractivity contribution is 0.501. The largest absolute Gasteiger partial charge is 0.207 e. The Morgan fingerprint density at radius 1 is 1.20 bits per heavy atom. The van der Waals surface area contributed by atoms with Gasteiger partial charge in [-0.05, 0) is 23.6 Å². The summed E-state index contributed by atoms with van der Waals surface area (Å²) in [5, 5.41) is 0. The molecule has 0 nitrogen and oxygen atoms in total. The molecule has 15 heavy (non-hydrogen) atoms. The van der Waals surface area contributed by atoms with Crippen molar-refractivity contribution in [1.82, 2.24) is 0 Å². The Morgan fingerprint density at radius 3 is 2.20 bits per heavy atom. The minimum atomic E-state index is -1.41. The number of benzene rings is 1. The molecular formula is C11H12Cl3F. The van der Waals surface area contributed by atoms with E-state index in [2.05, 4.69) is 0 Å². The molecule has 0 aliphatic carbocycles. The van der Waals surface area contributed by atoms with Gasteiger partial charge in [-0.3, -0.25) is 0 Å². The van der Waals surface area contributed by atoms with Crippen LogP contribution in [0.4, 0.5) is 4.39 Å². The molecule has 1 unspecified atom stereocenters. The van der Waals surface area contributed by atoms with Crippen LogP contribution in [0, 0.1) is 11.7 Å². The van der Waals surface area contributed by atoms with E-state index < -0.39 is 3.79 Å². The molecule has 1 rings (SSSR count). The highest BCUT2D eigenvalue weighted by molar-refractivity contribution is 6.68. The Kier molecular flexibility index (Phi) is 4.28. The van der Waals surface area contributed by atoms with Crippen molar-refractivity contribution in [3.05, 3.63) is 35.6 Å². The number of alkyl halides is 3. The first-order valence-corrected chi connectivity index (χ1v) is 5.78. The minimum Gasteiger partial charge on any atom is -0.207 e. The average Bonchev–Trinajstić information content (AvgIpc) is 1.99. The predicted molar refractivity (Wildman–Crippen MR) is 64.3 cm³/mol. The highest BCUT2D eigenvalue weighted by atomic mass is 35.6. The van der Waals surface area contributed by atoms with Gasteiger partial charge in [0.2, 0.25) is 0 Å². The van der Waals surface area contributed by atoms with Gasteiger partial charge in [0.05, 0.1) is 0 Å². The normalized spacial score (nSPS) is 14.3. The summed E-state index contributed by atoms with van der Waals surface area (Å²) >= 11 is 17.7. The Labute approximate surface area is 104 Å². The molecule has 0 heterocycles. The lowest BCUT2D eigenvalue weighted by atomic mass is 9.90. The second-order valence-electron chi connectivity index (χ2n) is 3.82. The summed E-state index contributed by atoms with van der Waals surface area (Å²) in [6.07, 6.45) is 0. The zero-order valence-electron chi connectivity index (χ0n) is 8.48. The van der Waals surface area contributed by atoms with Crippen molar-refractivity contribution in [2.75, 3.05) is 0 Å². The maximum atomic E-state index is 13.0. The van der Waals surface area contributed by atoms with Gasteiger partial charge in [-0.15, -0.1) is 0 Å². The van der Waals surface area contributed by atoms with Crippen molar-refractivity contribution < 1.29 is 4.39 Å². The molecule has 1 aromatic carbocycles. The van der Waals surface area contributed by atoms with E-state index in [1.165, 1.54) is 12.1 Å². The summed E-state index contributed by atoms with van der Waals surface area (Å²) in [4.78, 5) is 0. The van der Waals surface area contributed by atoms with E-state index in [-0.39, 0.29) is 17.7 Å². The van der Waals surface area contributed by atoms with Crippen LogP contribution in [0.5, 0.6) is 0 Å². The monoisotopic (exact) mass is 268 g/mol. The first-order valence-electron chi connectivity index (χ1n) is 4.64. The van der Waals surface area contributed by atoms with Crippen molar-refractivity contribution in [1.29, 1.82) is 0 Å². The number of rotatable bonds is 2. The summed E-state index contributed by atoms with van der Waals surface area (Å²) in [5.74, 6) is -0.495. The first kappa shape index (κ1) is 13.1. The standard InChI is InChI=1S/C11H12Cl3F/c1-7(2)10(11(12,13)14)8-4-3-5-9(15)6-8/h3-7,10H,1-2H3. The Balaban J connectivity index is 3.11. The van der Waals surface area contributed by atoms with Crippen molar-refractivity contribution in [2.45, 2.75) is 23.6 Å². The van der Waals surface area contributed by atoms with Crippen LogP contribution < -0.4 is 0 Å². The zero-order chi connectivity index (χ0) is 11.6. The van der Waals surface area contributed by atoms with E-state index in [4.69, 9.17) is 34.8 Å². The van der Waals surface area contributed by atoms with Crippen LogP contribution in [-0.2, 0) is 0 Å². The third-order valence-corrected chi connectivity index (χ3v) is 2.93. The van der Waals surface area contributed by atoms with Crippen molar-refractivity contribution >= 4 is 34.8 Å². The molecule has 4 heteroatoms. The summed E-state index contributed by atoms with van der Waals surface area (Å²) in [5.41, 5.74) is 0.713. The molecule has 0 fully saturated rings. The molecule has 1 atom stereocenters. The number of halogens is 4. The summed E-state index contributed by atoms with van der Waals surface area (Å²) < 4.78 is 11.6. The molecule has 84 valence electrons. The molecule has 0 amide bonds. The smallest absolute Gasteiger partial charge is 0.197 e. The van der Waals surface area contributed by atoms with Gasteiger partial charge in [-0.2, -0.15) is 0 Å². The van der Waals surface area contributed by atoms with E-state index in [0.717, 1.165) is 0 Å². The molecule has 0 saturated heterocycles. The second kappa shape index (κ2) is 4.90. The third kappa shape index (κ3) is 3.51. The summed E-state index contributed by atoms with van der Waals surface area (Å²) in [7, 11) is 0. The second-order valence-corrected chi connectivity index (χ2v) is 6.19. The van der Waals surface area contributed by atoms with Gasteiger partial charge >= 0.3 is 0 Å². The number of hydrogen-bond donors (Lipinski definition) is 0. The lowest BCUT2D eigenvalue weighted by Gasteiger charge is -2.28. The SMILES string of the molecule is CC(C)C(c1cccc(F)c1)C(Cl)(Cl)Cl. The maximum Gasteiger partial charge on any atom is 0.197 e. The first-order chi connectivity index (χ1) is 6.82. The van der Waals surface area contributed by atoms with Gasteiger partial charge in [-0.1, -0.05) is 60.8 Å². The number of hydrogen-bond acceptors (Lipinski definition) is 0. The highest BCUT2D eigenvalue weighted by Gasteiger charge is 2.36. The molecule has 0 bridgehead atoms. The van der Waals surface area contributed by atoms with Crippen LogP contribution in [0.3, 0.4) is 0 Å². The molecule has 0 radical (unpaired) electrons. The predicted octanol–water partition coefficient (Wildman–Crippen LogP) is 4.94. The van der Waals surface area contributed by atoms with Crippen LogP contribution in [-0.4, -0.2) is 3.79 Å². The van der Waals surface area contributed by atoms with Crippen molar-refractivity contribution in [3.63, 3.8) is 0 Å². The maximum absolute atomic E-state index is 13.0. The molecule has 0 spiro atoms. The Bertz CT molecular complexity index is 331. The fourth-order valence-electron chi connectivity index (χ4n) is 1.65. The third-order valence-electron chi connectivity index (χ3n) is 2.23. The van der Waals surface area contributed by atoms with Crippen LogP contribution in [0.1, 0.15) is 25.3 Å². The zero-order valence-corrected chi connectivity index (χ0v) is 10.7. The Morgan fingerprint density at radius 2 is 1.80 bits per heavy atom. The molecule has 0 N–H and O–H groups in total. The van der Waals surface area contributed by atoms with E-state index in [1.807, 2.05) is 13.8 Å². The summed E-state index contributed by atoms with van der Waals surface area (Å²) in [6, 6.07) is 6.18. The van der Waals surface area contributed by atoms with Gasteiger partial charge in [0.25, 0.3) is 0 Å². The molecule has 0 saturated carbocycles. The van der Waals surface area contributed by atoms with Gasteiger partial charge < -0.3 is 0 Å². The van der Waals surface area contributed by atoms with Crippen molar-refractivity contribution in [3.8, 4) is 0 Å². The van der Waals surface area contributed by atoms with Gasteiger partial charge in [0.1, 0.15) is 5.82 Å². The van der Waals surface area contributed by atoms with Crippen molar-refractivity contribution in [2.24, 2.45) is 5.92 Å². The lowest BCUT2D eigenvalue weighted by Crippen LogP contribution is -2.22. The fraction of sp³-hybridized carbons (Fsp3) is 0.455. The molecule has 0 aromatic heterocycles. The topological polar surface area (TPSA) is 0 Å². The minimum absolute atomic E-state index is 0.124. The Hall–Kier alpha value is 0.0200. The van der Waals surface area contributed by atoms with Crippen LogP contribution >= 0.6 is 34.8 Å². The molecule has 0 aliphatic heterocycles.